The fourth-order valence-corrected chi connectivity index (χ4v) is 4.45. The largest absolute Gasteiger partial charge is 0.492 e. The van der Waals surface area contributed by atoms with E-state index in [0.29, 0.717) is 18.9 Å². The van der Waals surface area contributed by atoms with Crippen LogP contribution in [0.3, 0.4) is 0 Å². The summed E-state index contributed by atoms with van der Waals surface area (Å²) in [5, 5.41) is 3.03. The standard InChI is InChI=1S/C22H29ClN2O4S/c1-3-5-9-14-24-22(26)20(15-17-10-7-6-8-11-17)25-30(27,28)18-12-13-21(29-4-2)19(23)16-18/h6-8,10-13,16,20,25H,3-5,9,14-15H2,1-2H3,(H,24,26). The molecule has 0 radical (unpaired) electrons. The van der Waals surface area contributed by atoms with Gasteiger partial charge in [0.25, 0.3) is 0 Å². The first-order chi connectivity index (χ1) is 14.4. The van der Waals surface area contributed by atoms with Crippen LogP contribution in [0.1, 0.15) is 38.7 Å². The Labute approximate surface area is 184 Å². The average Bonchev–Trinajstić information content (AvgIpc) is 2.72. The Morgan fingerprint density at radius 2 is 1.83 bits per heavy atom. The lowest BCUT2D eigenvalue weighted by Crippen LogP contribution is -2.48. The molecular formula is C22H29ClN2O4S. The molecule has 8 heteroatoms. The van der Waals surface area contributed by atoms with Crippen molar-refractivity contribution < 1.29 is 17.9 Å². The van der Waals surface area contributed by atoms with Gasteiger partial charge in [0.15, 0.2) is 0 Å². The van der Waals surface area contributed by atoms with Crippen molar-refractivity contribution in [1.29, 1.82) is 0 Å². The topological polar surface area (TPSA) is 84.5 Å². The highest BCUT2D eigenvalue weighted by atomic mass is 35.5. The van der Waals surface area contributed by atoms with Crippen molar-refractivity contribution in [2.75, 3.05) is 13.2 Å². The Balaban J connectivity index is 2.20. The first-order valence-corrected chi connectivity index (χ1v) is 12.0. The summed E-state index contributed by atoms with van der Waals surface area (Å²) >= 11 is 6.14. The average molecular weight is 453 g/mol. The van der Waals surface area contributed by atoms with E-state index in [2.05, 4.69) is 17.0 Å². The summed E-state index contributed by atoms with van der Waals surface area (Å²) in [5.41, 5.74) is 0.860. The van der Waals surface area contributed by atoms with Crippen LogP contribution in [0.2, 0.25) is 5.02 Å². The minimum atomic E-state index is -3.96. The normalized spacial score (nSPS) is 12.4. The van der Waals surface area contributed by atoms with E-state index < -0.39 is 16.1 Å². The molecular weight excluding hydrogens is 424 g/mol. The van der Waals surface area contributed by atoms with Crippen LogP contribution in [0.25, 0.3) is 0 Å². The zero-order valence-corrected chi connectivity index (χ0v) is 18.9. The molecule has 0 aliphatic carbocycles. The molecule has 1 amide bonds. The van der Waals surface area contributed by atoms with Crippen LogP contribution in [0.5, 0.6) is 5.75 Å². The van der Waals surface area contributed by atoms with Gasteiger partial charge in [-0.15, -0.1) is 0 Å². The number of halogens is 1. The molecule has 2 aromatic rings. The van der Waals surface area contributed by atoms with Crippen molar-refractivity contribution in [2.24, 2.45) is 0 Å². The van der Waals surface area contributed by atoms with Gasteiger partial charge < -0.3 is 10.1 Å². The molecule has 164 valence electrons. The lowest BCUT2D eigenvalue weighted by Gasteiger charge is -2.19. The molecule has 1 atom stereocenters. The highest BCUT2D eigenvalue weighted by Gasteiger charge is 2.26. The van der Waals surface area contributed by atoms with E-state index in [0.717, 1.165) is 24.8 Å². The van der Waals surface area contributed by atoms with Gasteiger partial charge in [-0.05, 0) is 43.5 Å². The van der Waals surface area contributed by atoms with Gasteiger partial charge in [0.1, 0.15) is 11.8 Å². The van der Waals surface area contributed by atoms with E-state index in [1.54, 1.807) is 0 Å². The van der Waals surface area contributed by atoms with Gasteiger partial charge in [-0.3, -0.25) is 4.79 Å². The number of hydrogen-bond acceptors (Lipinski definition) is 4. The van der Waals surface area contributed by atoms with E-state index in [9.17, 15) is 13.2 Å². The number of carbonyl (C=O) groups excluding carboxylic acids is 1. The van der Waals surface area contributed by atoms with E-state index >= 15 is 0 Å². The Morgan fingerprint density at radius 3 is 2.47 bits per heavy atom. The van der Waals surface area contributed by atoms with E-state index in [-0.39, 0.29) is 22.2 Å². The second-order valence-corrected chi connectivity index (χ2v) is 9.01. The lowest BCUT2D eigenvalue weighted by atomic mass is 10.1. The number of unbranched alkanes of at least 4 members (excludes halogenated alkanes) is 2. The SMILES string of the molecule is CCCCCNC(=O)C(Cc1ccccc1)NS(=O)(=O)c1ccc(OCC)c(Cl)c1. The maximum absolute atomic E-state index is 12.9. The van der Waals surface area contributed by atoms with Crippen molar-refractivity contribution in [3.05, 3.63) is 59.1 Å². The number of carbonyl (C=O) groups is 1. The van der Waals surface area contributed by atoms with Gasteiger partial charge in [-0.2, -0.15) is 4.72 Å². The van der Waals surface area contributed by atoms with Gasteiger partial charge in [0.05, 0.1) is 16.5 Å². The summed E-state index contributed by atoms with van der Waals surface area (Å²) in [6.07, 6.45) is 3.13. The van der Waals surface area contributed by atoms with E-state index in [1.807, 2.05) is 37.3 Å². The quantitative estimate of drug-likeness (QED) is 0.478. The molecule has 0 saturated carbocycles. The lowest BCUT2D eigenvalue weighted by molar-refractivity contribution is -0.122. The van der Waals surface area contributed by atoms with Crippen molar-refractivity contribution in [1.82, 2.24) is 10.0 Å². The highest BCUT2D eigenvalue weighted by Crippen LogP contribution is 2.27. The molecule has 0 aliphatic rings. The molecule has 0 heterocycles. The van der Waals surface area contributed by atoms with Crippen LogP contribution < -0.4 is 14.8 Å². The summed E-state index contributed by atoms with van der Waals surface area (Å²) in [6.45, 7) is 4.82. The Hall–Kier alpha value is -2.09. The zero-order valence-electron chi connectivity index (χ0n) is 17.4. The van der Waals surface area contributed by atoms with Crippen LogP contribution in [0.4, 0.5) is 0 Å². The number of amides is 1. The Bertz CT molecular complexity index is 920. The molecule has 2 rings (SSSR count). The monoisotopic (exact) mass is 452 g/mol. The highest BCUT2D eigenvalue weighted by molar-refractivity contribution is 7.89. The predicted molar refractivity (Wildman–Crippen MR) is 119 cm³/mol. The molecule has 6 nitrogen and oxygen atoms in total. The van der Waals surface area contributed by atoms with Crippen molar-refractivity contribution in [2.45, 2.75) is 50.5 Å². The first-order valence-electron chi connectivity index (χ1n) is 10.1. The fourth-order valence-electron chi connectivity index (χ4n) is 2.92. The van der Waals surface area contributed by atoms with E-state index in [4.69, 9.17) is 16.3 Å². The van der Waals surface area contributed by atoms with Gasteiger partial charge in [0.2, 0.25) is 15.9 Å². The first kappa shape index (κ1) is 24.2. The summed E-state index contributed by atoms with van der Waals surface area (Å²) in [4.78, 5) is 12.7. The van der Waals surface area contributed by atoms with Crippen LogP contribution in [-0.4, -0.2) is 33.5 Å². The molecule has 0 saturated heterocycles. The minimum absolute atomic E-state index is 0.0206. The molecule has 2 N–H and O–H groups in total. The molecule has 1 unspecified atom stereocenters. The van der Waals surface area contributed by atoms with Gasteiger partial charge in [-0.1, -0.05) is 61.7 Å². The summed E-state index contributed by atoms with van der Waals surface area (Å²) in [7, 11) is -3.96. The van der Waals surface area contributed by atoms with Crippen LogP contribution in [0, 0.1) is 0 Å². The van der Waals surface area contributed by atoms with Crippen molar-refractivity contribution >= 4 is 27.5 Å². The fraction of sp³-hybridized carbons (Fsp3) is 0.409. The van der Waals surface area contributed by atoms with E-state index in [1.165, 1.54) is 18.2 Å². The molecule has 30 heavy (non-hydrogen) atoms. The molecule has 0 spiro atoms. The number of benzene rings is 2. The smallest absolute Gasteiger partial charge is 0.241 e. The third-order valence-electron chi connectivity index (χ3n) is 4.49. The summed E-state index contributed by atoms with van der Waals surface area (Å²) in [5.74, 6) is 0.0585. The van der Waals surface area contributed by atoms with Gasteiger partial charge >= 0.3 is 0 Å². The Morgan fingerprint density at radius 1 is 1.10 bits per heavy atom. The summed E-state index contributed by atoms with van der Waals surface area (Å²) in [6, 6.07) is 12.6. The number of hydrogen-bond donors (Lipinski definition) is 2. The number of nitrogens with one attached hydrogen (secondary N) is 2. The molecule has 0 bridgehead atoms. The molecule has 0 aromatic heterocycles. The van der Waals surface area contributed by atoms with Gasteiger partial charge in [-0.25, -0.2) is 8.42 Å². The maximum Gasteiger partial charge on any atom is 0.241 e. The second kappa shape index (κ2) is 11.9. The van der Waals surface area contributed by atoms with Crippen LogP contribution in [0.15, 0.2) is 53.4 Å². The molecule has 0 aliphatic heterocycles. The third-order valence-corrected chi connectivity index (χ3v) is 6.25. The van der Waals surface area contributed by atoms with Crippen LogP contribution in [-0.2, 0) is 21.2 Å². The van der Waals surface area contributed by atoms with Crippen molar-refractivity contribution in [3.8, 4) is 5.75 Å². The molecule has 2 aromatic carbocycles. The van der Waals surface area contributed by atoms with Crippen molar-refractivity contribution in [3.63, 3.8) is 0 Å². The third kappa shape index (κ3) is 7.31. The predicted octanol–water partition coefficient (Wildman–Crippen LogP) is 3.93. The zero-order chi connectivity index (χ0) is 22.0. The minimum Gasteiger partial charge on any atom is -0.492 e. The summed E-state index contributed by atoms with van der Waals surface area (Å²) < 4.78 is 33.8. The number of ether oxygens (including phenoxy) is 1. The number of rotatable bonds is 12. The van der Waals surface area contributed by atoms with Gasteiger partial charge in [0, 0.05) is 6.54 Å². The maximum atomic E-state index is 12.9. The molecule has 0 fully saturated rings. The number of sulfonamides is 1. The second-order valence-electron chi connectivity index (χ2n) is 6.89. The Kier molecular flexibility index (Phi) is 9.62. The van der Waals surface area contributed by atoms with Crippen LogP contribution >= 0.6 is 11.6 Å².